The Balaban J connectivity index is 2.82. The Morgan fingerprint density at radius 2 is 2.18 bits per heavy atom. The van der Waals surface area contributed by atoms with Crippen molar-refractivity contribution < 1.29 is 9.90 Å². The Kier molecular flexibility index (Phi) is 5.84. The topological polar surface area (TPSA) is 68.0 Å². The van der Waals surface area contributed by atoms with Crippen LogP contribution in [0.2, 0.25) is 0 Å². The predicted molar refractivity (Wildman–Crippen MR) is 70.9 cm³/mol. The van der Waals surface area contributed by atoms with E-state index in [0.717, 1.165) is 18.0 Å². The highest BCUT2D eigenvalue weighted by Crippen LogP contribution is 2.22. The lowest BCUT2D eigenvalue weighted by Crippen LogP contribution is -2.09. The van der Waals surface area contributed by atoms with Crippen molar-refractivity contribution in [2.75, 3.05) is 17.8 Å². The van der Waals surface area contributed by atoms with Crippen LogP contribution in [-0.2, 0) is 11.2 Å². The Bertz CT molecular complexity index is 380. The first kappa shape index (κ1) is 14.4. The van der Waals surface area contributed by atoms with Crippen molar-refractivity contribution in [1.29, 1.82) is 0 Å². The molecule has 0 aliphatic heterocycles. The van der Waals surface area contributed by atoms with Gasteiger partial charge in [0.1, 0.15) is 5.82 Å². The van der Waals surface area contributed by atoms with Crippen molar-refractivity contribution in [1.82, 2.24) is 14.8 Å². The molecule has 0 spiro atoms. The van der Waals surface area contributed by atoms with E-state index in [9.17, 15) is 4.79 Å². The Morgan fingerprint density at radius 3 is 2.71 bits per heavy atom. The summed E-state index contributed by atoms with van der Waals surface area (Å²) in [5.74, 6) is 1.11. The van der Waals surface area contributed by atoms with Crippen molar-refractivity contribution >= 4 is 29.5 Å². The van der Waals surface area contributed by atoms with Gasteiger partial charge in [0.25, 0.3) is 0 Å². The molecule has 0 aliphatic carbocycles. The minimum Gasteiger partial charge on any atom is -0.481 e. The molecule has 0 saturated carbocycles. The SMILES string of the molecule is CSCCc1nnc(SCC(=O)O)n1C(C)C. The first-order valence-electron chi connectivity index (χ1n) is 5.33. The molecular formula is C10H17N3O2S2. The van der Waals surface area contributed by atoms with Gasteiger partial charge >= 0.3 is 5.97 Å². The van der Waals surface area contributed by atoms with Crippen LogP contribution in [0.1, 0.15) is 25.7 Å². The highest BCUT2D eigenvalue weighted by atomic mass is 32.2. The second-order valence-electron chi connectivity index (χ2n) is 3.79. The van der Waals surface area contributed by atoms with E-state index >= 15 is 0 Å². The maximum Gasteiger partial charge on any atom is 0.313 e. The lowest BCUT2D eigenvalue weighted by Gasteiger charge is -2.12. The molecule has 0 aliphatic rings. The molecule has 1 heterocycles. The Labute approximate surface area is 109 Å². The zero-order valence-corrected chi connectivity index (χ0v) is 11.8. The number of hydrogen-bond acceptors (Lipinski definition) is 5. The molecular weight excluding hydrogens is 258 g/mol. The molecule has 0 atom stereocenters. The maximum atomic E-state index is 10.6. The smallest absolute Gasteiger partial charge is 0.313 e. The van der Waals surface area contributed by atoms with E-state index in [4.69, 9.17) is 5.11 Å². The van der Waals surface area contributed by atoms with E-state index in [1.54, 1.807) is 11.8 Å². The van der Waals surface area contributed by atoms with E-state index in [0.29, 0.717) is 5.16 Å². The molecule has 7 heteroatoms. The second kappa shape index (κ2) is 6.90. The summed E-state index contributed by atoms with van der Waals surface area (Å²) in [4.78, 5) is 10.6. The predicted octanol–water partition coefficient (Wildman–Crippen LogP) is 1.94. The molecule has 0 radical (unpaired) electrons. The third-order valence-corrected chi connectivity index (χ3v) is 3.65. The van der Waals surface area contributed by atoms with Crippen molar-refractivity contribution in [3.63, 3.8) is 0 Å². The lowest BCUT2D eigenvalue weighted by molar-refractivity contribution is -0.133. The molecule has 17 heavy (non-hydrogen) atoms. The van der Waals surface area contributed by atoms with Crippen LogP contribution < -0.4 is 0 Å². The van der Waals surface area contributed by atoms with Crippen LogP contribution in [0.3, 0.4) is 0 Å². The zero-order chi connectivity index (χ0) is 12.8. The van der Waals surface area contributed by atoms with E-state index in [1.807, 2.05) is 4.57 Å². The van der Waals surface area contributed by atoms with Gasteiger partial charge in [0, 0.05) is 18.2 Å². The van der Waals surface area contributed by atoms with Crippen molar-refractivity contribution in [2.45, 2.75) is 31.5 Å². The second-order valence-corrected chi connectivity index (χ2v) is 5.72. The number of nitrogens with zero attached hydrogens (tertiary/aromatic N) is 3. The van der Waals surface area contributed by atoms with Crippen molar-refractivity contribution in [2.24, 2.45) is 0 Å². The van der Waals surface area contributed by atoms with Gasteiger partial charge < -0.3 is 9.67 Å². The van der Waals surface area contributed by atoms with Gasteiger partial charge in [0.05, 0.1) is 5.75 Å². The van der Waals surface area contributed by atoms with Gasteiger partial charge in [-0.2, -0.15) is 11.8 Å². The van der Waals surface area contributed by atoms with Gasteiger partial charge in [0.2, 0.25) is 0 Å². The number of aryl methyl sites for hydroxylation is 1. The third-order valence-electron chi connectivity index (χ3n) is 2.11. The molecule has 0 saturated heterocycles. The third kappa shape index (κ3) is 4.23. The molecule has 1 N–H and O–H groups in total. The van der Waals surface area contributed by atoms with E-state index < -0.39 is 5.97 Å². The normalized spacial score (nSPS) is 11.1. The molecule has 0 unspecified atom stereocenters. The quantitative estimate of drug-likeness (QED) is 0.767. The summed E-state index contributed by atoms with van der Waals surface area (Å²) in [5.41, 5.74) is 0. The van der Waals surface area contributed by atoms with Gasteiger partial charge in [-0.05, 0) is 20.1 Å². The molecule has 0 fully saturated rings. The van der Waals surface area contributed by atoms with Crippen LogP contribution in [0.15, 0.2) is 5.16 Å². The number of thioether (sulfide) groups is 2. The highest BCUT2D eigenvalue weighted by molar-refractivity contribution is 7.99. The molecule has 96 valence electrons. The number of aromatic nitrogens is 3. The van der Waals surface area contributed by atoms with Gasteiger partial charge in [-0.15, -0.1) is 10.2 Å². The minimum absolute atomic E-state index is 0.0212. The summed E-state index contributed by atoms with van der Waals surface area (Å²) >= 11 is 2.98. The number of carboxylic acids is 1. The van der Waals surface area contributed by atoms with Crippen LogP contribution in [0.25, 0.3) is 0 Å². The van der Waals surface area contributed by atoms with Crippen LogP contribution >= 0.6 is 23.5 Å². The molecule has 0 aromatic carbocycles. The summed E-state index contributed by atoms with van der Waals surface area (Å²) in [6.45, 7) is 4.10. The van der Waals surface area contributed by atoms with E-state index in [2.05, 4.69) is 30.3 Å². The van der Waals surface area contributed by atoms with Crippen LogP contribution in [0.5, 0.6) is 0 Å². The minimum atomic E-state index is -0.834. The number of carboxylic acid groups (broad SMARTS) is 1. The highest BCUT2D eigenvalue weighted by Gasteiger charge is 2.15. The fourth-order valence-corrected chi connectivity index (χ4v) is 2.61. The Morgan fingerprint density at radius 1 is 1.47 bits per heavy atom. The first-order valence-corrected chi connectivity index (χ1v) is 7.71. The number of carbonyl (C=O) groups is 1. The molecule has 0 amide bonds. The number of aliphatic carboxylic acids is 1. The molecule has 1 rings (SSSR count). The number of hydrogen-bond donors (Lipinski definition) is 1. The summed E-state index contributed by atoms with van der Waals surface area (Å²) in [6, 6.07) is 0.248. The van der Waals surface area contributed by atoms with Gasteiger partial charge in [-0.25, -0.2) is 0 Å². The molecule has 1 aromatic rings. The molecule has 0 bridgehead atoms. The summed E-state index contributed by atoms with van der Waals surface area (Å²) in [6.07, 6.45) is 2.91. The van der Waals surface area contributed by atoms with E-state index in [1.165, 1.54) is 11.8 Å². The summed E-state index contributed by atoms with van der Waals surface area (Å²) in [7, 11) is 0. The summed E-state index contributed by atoms with van der Waals surface area (Å²) in [5, 5.41) is 17.6. The molecule has 1 aromatic heterocycles. The van der Waals surface area contributed by atoms with Gasteiger partial charge in [-0.3, -0.25) is 4.79 Å². The van der Waals surface area contributed by atoms with Crippen LogP contribution in [-0.4, -0.2) is 43.6 Å². The average molecular weight is 275 g/mol. The average Bonchev–Trinajstić information content (AvgIpc) is 2.66. The van der Waals surface area contributed by atoms with Crippen molar-refractivity contribution in [3.05, 3.63) is 5.82 Å². The van der Waals surface area contributed by atoms with Gasteiger partial charge in [-0.1, -0.05) is 11.8 Å². The zero-order valence-electron chi connectivity index (χ0n) is 10.2. The first-order chi connectivity index (χ1) is 8.06. The lowest BCUT2D eigenvalue weighted by atomic mass is 10.3. The van der Waals surface area contributed by atoms with Crippen LogP contribution in [0.4, 0.5) is 0 Å². The van der Waals surface area contributed by atoms with Gasteiger partial charge in [0.15, 0.2) is 5.16 Å². The van der Waals surface area contributed by atoms with E-state index in [-0.39, 0.29) is 11.8 Å². The van der Waals surface area contributed by atoms with Crippen LogP contribution in [0, 0.1) is 0 Å². The fourth-order valence-electron chi connectivity index (χ4n) is 1.41. The fraction of sp³-hybridized carbons (Fsp3) is 0.700. The largest absolute Gasteiger partial charge is 0.481 e. The van der Waals surface area contributed by atoms with Crippen molar-refractivity contribution in [3.8, 4) is 0 Å². The standard InChI is InChI=1S/C10H17N3O2S2/c1-7(2)13-8(4-5-16-3)11-12-10(13)17-6-9(14)15/h7H,4-6H2,1-3H3,(H,14,15). The summed E-state index contributed by atoms with van der Waals surface area (Å²) < 4.78 is 2.02. The maximum absolute atomic E-state index is 10.6. The Hall–Kier alpha value is -0.690. The molecule has 5 nitrogen and oxygen atoms in total. The monoisotopic (exact) mass is 275 g/mol. The number of rotatable bonds is 7.